The topological polar surface area (TPSA) is 29.1 Å². The molecule has 0 aliphatic carbocycles. The maximum atomic E-state index is 10.3. The van der Waals surface area contributed by atoms with Gasteiger partial charge in [0, 0.05) is 8.95 Å². The molecule has 0 aliphatic heterocycles. The lowest BCUT2D eigenvalue weighted by Crippen LogP contribution is -1.98. The van der Waals surface area contributed by atoms with E-state index in [1.165, 1.54) is 5.56 Å². The van der Waals surface area contributed by atoms with Gasteiger partial charge in [-0.25, -0.2) is 0 Å². The second kappa shape index (κ2) is 4.24. The van der Waals surface area contributed by atoms with Crippen LogP contribution in [0.1, 0.15) is 11.1 Å². The van der Waals surface area contributed by atoms with Gasteiger partial charge in [0.2, 0.25) is 6.41 Å². The Labute approximate surface area is 94.0 Å². The molecule has 0 heterocycles. The van der Waals surface area contributed by atoms with Crippen molar-refractivity contribution in [2.24, 2.45) is 0 Å². The van der Waals surface area contributed by atoms with Crippen molar-refractivity contribution in [2.45, 2.75) is 13.8 Å². The van der Waals surface area contributed by atoms with Gasteiger partial charge in [-0.3, -0.25) is 4.79 Å². The second-order valence-electron chi connectivity index (χ2n) is 2.75. The summed E-state index contributed by atoms with van der Waals surface area (Å²) in [7, 11) is 0. The highest BCUT2D eigenvalue weighted by molar-refractivity contribution is 9.11. The van der Waals surface area contributed by atoms with Gasteiger partial charge in [0.1, 0.15) is 0 Å². The third-order valence-corrected chi connectivity index (χ3v) is 3.54. The number of carbonyl (C=O) groups is 1. The minimum atomic E-state index is 0.666. The van der Waals surface area contributed by atoms with Gasteiger partial charge in [-0.05, 0) is 62.9 Å². The highest BCUT2D eigenvalue weighted by Gasteiger charge is 2.09. The van der Waals surface area contributed by atoms with Crippen molar-refractivity contribution in [3.8, 4) is 0 Å². The smallest absolute Gasteiger partial charge is 0.211 e. The molecule has 0 radical (unpaired) electrons. The number of hydrogen-bond acceptors (Lipinski definition) is 1. The molecule has 70 valence electrons. The van der Waals surface area contributed by atoms with Crippen molar-refractivity contribution in [1.82, 2.24) is 0 Å². The number of aryl methyl sites for hydroxylation is 1. The Kier molecular flexibility index (Phi) is 3.50. The fourth-order valence-electron chi connectivity index (χ4n) is 1.03. The van der Waals surface area contributed by atoms with Gasteiger partial charge in [0.15, 0.2) is 0 Å². The lowest BCUT2D eigenvalue weighted by atomic mass is 10.1. The third kappa shape index (κ3) is 2.11. The number of amides is 1. The first kappa shape index (κ1) is 10.7. The van der Waals surface area contributed by atoms with Crippen molar-refractivity contribution in [2.75, 3.05) is 5.32 Å². The van der Waals surface area contributed by atoms with E-state index in [0.29, 0.717) is 6.41 Å². The summed E-state index contributed by atoms with van der Waals surface area (Å²) < 4.78 is 1.81. The van der Waals surface area contributed by atoms with E-state index in [1.807, 2.05) is 19.9 Å². The molecule has 2 nitrogen and oxygen atoms in total. The van der Waals surface area contributed by atoms with Gasteiger partial charge >= 0.3 is 0 Å². The van der Waals surface area contributed by atoms with E-state index in [1.54, 1.807) is 0 Å². The molecule has 1 N–H and O–H groups in total. The van der Waals surface area contributed by atoms with Crippen LogP contribution in [0.2, 0.25) is 0 Å². The standard InChI is InChI=1S/C9H9Br2NO/c1-5-3-7(10)9(12-4-13)8(11)6(5)2/h3-4H,1-2H3,(H,12,13). The molecule has 1 aromatic rings. The first-order chi connectivity index (χ1) is 6.07. The average Bonchev–Trinajstić information content (AvgIpc) is 2.09. The van der Waals surface area contributed by atoms with E-state index >= 15 is 0 Å². The number of anilines is 1. The predicted octanol–water partition coefficient (Wildman–Crippen LogP) is 3.40. The maximum Gasteiger partial charge on any atom is 0.211 e. The number of nitrogens with one attached hydrogen (secondary N) is 1. The number of hydrogen-bond donors (Lipinski definition) is 1. The Morgan fingerprint density at radius 3 is 2.54 bits per heavy atom. The summed E-state index contributed by atoms with van der Waals surface area (Å²) in [6.45, 7) is 4.03. The van der Waals surface area contributed by atoms with Gasteiger partial charge < -0.3 is 5.32 Å². The summed E-state index contributed by atoms with van der Waals surface area (Å²) in [6, 6.07) is 1.98. The molecular formula is C9H9Br2NO. The van der Waals surface area contributed by atoms with Crippen LogP contribution in [0.5, 0.6) is 0 Å². The number of halogens is 2. The molecule has 0 aliphatic rings. The number of rotatable bonds is 2. The molecule has 0 saturated heterocycles. The van der Waals surface area contributed by atoms with Gasteiger partial charge in [-0.2, -0.15) is 0 Å². The van der Waals surface area contributed by atoms with Crippen LogP contribution in [-0.4, -0.2) is 6.41 Å². The Balaban J connectivity index is 3.34. The highest BCUT2D eigenvalue weighted by atomic mass is 79.9. The van der Waals surface area contributed by atoms with Crippen molar-refractivity contribution in [1.29, 1.82) is 0 Å². The lowest BCUT2D eigenvalue weighted by Gasteiger charge is -2.10. The zero-order valence-electron chi connectivity index (χ0n) is 7.32. The summed E-state index contributed by atoms with van der Waals surface area (Å²) in [6.07, 6.45) is 0.666. The fourth-order valence-corrected chi connectivity index (χ4v) is 2.59. The van der Waals surface area contributed by atoms with E-state index in [0.717, 1.165) is 20.2 Å². The Morgan fingerprint density at radius 2 is 2.00 bits per heavy atom. The second-order valence-corrected chi connectivity index (χ2v) is 4.40. The first-order valence-corrected chi connectivity index (χ1v) is 5.32. The lowest BCUT2D eigenvalue weighted by molar-refractivity contribution is -0.105. The van der Waals surface area contributed by atoms with E-state index in [9.17, 15) is 4.79 Å². The quantitative estimate of drug-likeness (QED) is 0.834. The molecular weight excluding hydrogens is 298 g/mol. The largest absolute Gasteiger partial charge is 0.327 e. The Hall–Kier alpha value is -0.350. The molecule has 0 spiro atoms. The average molecular weight is 307 g/mol. The maximum absolute atomic E-state index is 10.3. The molecule has 4 heteroatoms. The van der Waals surface area contributed by atoms with E-state index in [4.69, 9.17) is 0 Å². The molecule has 0 bridgehead atoms. The summed E-state index contributed by atoms with van der Waals surface area (Å²) in [5, 5.41) is 2.64. The monoisotopic (exact) mass is 305 g/mol. The van der Waals surface area contributed by atoms with Crippen LogP contribution in [-0.2, 0) is 4.79 Å². The van der Waals surface area contributed by atoms with Crippen LogP contribution in [0.3, 0.4) is 0 Å². The number of benzene rings is 1. The van der Waals surface area contributed by atoms with E-state index in [-0.39, 0.29) is 0 Å². The summed E-state index contributed by atoms with van der Waals surface area (Å²) in [5.41, 5.74) is 3.08. The van der Waals surface area contributed by atoms with Crippen LogP contribution < -0.4 is 5.32 Å². The first-order valence-electron chi connectivity index (χ1n) is 3.73. The Morgan fingerprint density at radius 1 is 1.38 bits per heavy atom. The van der Waals surface area contributed by atoms with Gasteiger partial charge in [-0.15, -0.1) is 0 Å². The Bertz CT molecular complexity index is 350. The summed E-state index contributed by atoms with van der Waals surface area (Å²) in [5.74, 6) is 0. The van der Waals surface area contributed by atoms with Crippen molar-refractivity contribution in [3.05, 3.63) is 26.1 Å². The number of carbonyl (C=O) groups excluding carboxylic acids is 1. The molecule has 1 amide bonds. The van der Waals surface area contributed by atoms with Gasteiger partial charge in [0.05, 0.1) is 5.69 Å². The van der Waals surface area contributed by atoms with Crippen molar-refractivity contribution in [3.63, 3.8) is 0 Å². The summed E-state index contributed by atoms with van der Waals surface area (Å²) in [4.78, 5) is 10.3. The van der Waals surface area contributed by atoms with E-state index < -0.39 is 0 Å². The molecule has 1 rings (SSSR count). The van der Waals surface area contributed by atoms with E-state index in [2.05, 4.69) is 37.2 Å². The molecule has 0 unspecified atom stereocenters. The third-order valence-electron chi connectivity index (χ3n) is 1.93. The van der Waals surface area contributed by atoms with Gasteiger partial charge in [0.25, 0.3) is 0 Å². The van der Waals surface area contributed by atoms with Crippen LogP contribution in [0.25, 0.3) is 0 Å². The normalized spacial score (nSPS) is 9.85. The summed E-state index contributed by atoms with van der Waals surface area (Å²) >= 11 is 6.81. The molecule has 13 heavy (non-hydrogen) atoms. The molecule has 0 saturated carbocycles. The highest BCUT2D eigenvalue weighted by Crippen LogP contribution is 2.35. The van der Waals surface area contributed by atoms with Crippen LogP contribution in [0.15, 0.2) is 15.0 Å². The minimum absolute atomic E-state index is 0.666. The zero-order valence-corrected chi connectivity index (χ0v) is 10.5. The molecule has 0 fully saturated rings. The van der Waals surface area contributed by atoms with Gasteiger partial charge in [-0.1, -0.05) is 0 Å². The molecule has 1 aromatic carbocycles. The van der Waals surface area contributed by atoms with Crippen LogP contribution >= 0.6 is 31.9 Å². The van der Waals surface area contributed by atoms with Crippen LogP contribution in [0.4, 0.5) is 5.69 Å². The van der Waals surface area contributed by atoms with Crippen LogP contribution in [0, 0.1) is 13.8 Å². The van der Waals surface area contributed by atoms with Crippen molar-refractivity contribution >= 4 is 44.0 Å². The fraction of sp³-hybridized carbons (Fsp3) is 0.222. The minimum Gasteiger partial charge on any atom is -0.327 e. The predicted molar refractivity (Wildman–Crippen MR) is 61.0 cm³/mol. The van der Waals surface area contributed by atoms with Crippen molar-refractivity contribution < 1.29 is 4.79 Å². The SMILES string of the molecule is Cc1cc(Br)c(NC=O)c(Br)c1C. The zero-order chi connectivity index (χ0) is 10.0. The molecule has 0 aromatic heterocycles. The molecule has 0 atom stereocenters.